The van der Waals surface area contributed by atoms with Crippen molar-refractivity contribution in [3.05, 3.63) is 39.9 Å². The van der Waals surface area contributed by atoms with Gasteiger partial charge in [-0.2, -0.15) is 0 Å². The number of thiophene rings is 1. The predicted molar refractivity (Wildman–Crippen MR) is 98.0 cm³/mol. The van der Waals surface area contributed by atoms with Crippen molar-refractivity contribution < 1.29 is 9.23 Å². The fourth-order valence-electron chi connectivity index (χ4n) is 5.09. The highest BCUT2D eigenvalue weighted by atomic mass is 32.1. The fraction of sp³-hybridized carbons (Fsp3) is 0.526. The summed E-state index contributed by atoms with van der Waals surface area (Å²) >= 11 is 1.61. The summed E-state index contributed by atoms with van der Waals surface area (Å²) in [5.74, 6) is 2.18. The number of aliphatic imine (C=N–C) groups is 1. The van der Waals surface area contributed by atoms with Gasteiger partial charge in [0.2, 0.25) is 0 Å². The van der Waals surface area contributed by atoms with Crippen molar-refractivity contribution in [3.8, 4) is 0 Å². The van der Waals surface area contributed by atoms with Crippen LogP contribution in [-0.2, 0) is 4.84 Å². The van der Waals surface area contributed by atoms with Crippen LogP contribution in [0.5, 0.6) is 0 Å². The van der Waals surface area contributed by atoms with Crippen molar-refractivity contribution >= 4 is 23.2 Å². The summed E-state index contributed by atoms with van der Waals surface area (Å²) in [4.78, 5) is 15.9. The Morgan fingerprint density at radius 1 is 1.44 bits per heavy atom. The Hall–Kier alpha value is -1.50. The lowest BCUT2D eigenvalue weighted by Gasteiger charge is -2.58. The molecule has 132 valence electrons. The topological polar surface area (TPSA) is 36.9 Å². The normalized spacial score (nSPS) is 38.6. The largest absolute Gasteiger partial charge is 0.302 e. The number of nitrogens with one attached hydrogen (secondary N) is 1. The molecule has 0 aromatic carbocycles. The number of rotatable bonds is 3. The molecule has 1 saturated carbocycles. The molecule has 1 aliphatic carbocycles. The molecule has 5 heterocycles. The molecule has 0 amide bonds. The number of hydrogen-bond donors (Lipinski definition) is 1. The molecule has 6 heteroatoms. The molecule has 1 N–H and O–H groups in total. The highest BCUT2D eigenvalue weighted by Gasteiger charge is 2.60. The molecule has 4 aliphatic heterocycles. The lowest BCUT2D eigenvalue weighted by atomic mass is 9.63. The van der Waals surface area contributed by atoms with E-state index in [0.29, 0.717) is 11.8 Å². The Balaban J connectivity index is 1.46. The number of allylic oxidation sites excluding steroid dienone is 2. The maximum atomic E-state index is 12.9. The van der Waals surface area contributed by atoms with Crippen LogP contribution in [0.3, 0.4) is 0 Å². The third-order valence-electron chi connectivity index (χ3n) is 6.08. The molecule has 1 aromatic heterocycles. The molecule has 1 aromatic rings. The standard InChI is InChI=1S/C19H22FN3OS/c1-11-5-17(25-16(11)4-3-12(2)20)18-21-19(24-22-18)14-6-13-7-15(19)10-23(8-13)9-14/h3-5,13-15H,2,6-10H2,1H3,(H,21,22). The Bertz CT molecular complexity index is 769. The SMILES string of the molecule is C=C(F)C=Cc1sc(C2=NC3(ON2)C2CC4CC3CN(C4)C2)cc1C. The molecule has 2 unspecified atom stereocenters. The van der Waals surface area contributed by atoms with E-state index in [1.54, 1.807) is 17.4 Å². The highest BCUT2D eigenvalue weighted by Crippen LogP contribution is 2.53. The van der Waals surface area contributed by atoms with Crippen molar-refractivity contribution in [3.63, 3.8) is 0 Å². The smallest absolute Gasteiger partial charge is 0.195 e. The molecule has 4 nitrogen and oxygen atoms in total. The zero-order valence-corrected chi connectivity index (χ0v) is 15.1. The Morgan fingerprint density at radius 2 is 2.20 bits per heavy atom. The van der Waals surface area contributed by atoms with Gasteiger partial charge in [-0.1, -0.05) is 6.58 Å². The maximum absolute atomic E-state index is 12.9. The lowest BCUT2D eigenvalue weighted by Crippen LogP contribution is -2.66. The van der Waals surface area contributed by atoms with Gasteiger partial charge < -0.3 is 4.90 Å². The first kappa shape index (κ1) is 15.7. The summed E-state index contributed by atoms with van der Waals surface area (Å²) in [6.07, 6.45) is 5.62. The van der Waals surface area contributed by atoms with Crippen molar-refractivity contribution in [2.75, 3.05) is 19.6 Å². The van der Waals surface area contributed by atoms with Crippen molar-refractivity contribution in [2.45, 2.75) is 25.5 Å². The Labute approximate surface area is 151 Å². The summed E-state index contributed by atoms with van der Waals surface area (Å²) in [5.41, 5.74) is 3.85. The van der Waals surface area contributed by atoms with Gasteiger partial charge in [0.15, 0.2) is 11.6 Å². The van der Waals surface area contributed by atoms with E-state index in [1.165, 1.54) is 25.5 Å². The van der Waals surface area contributed by atoms with E-state index < -0.39 is 5.83 Å². The quantitative estimate of drug-likeness (QED) is 0.839. The minimum Gasteiger partial charge on any atom is -0.302 e. The highest BCUT2D eigenvalue weighted by molar-refractivity contribution is 7.15. The van der Waals surface area contributed by atoms with Gasteiger partial charge in [-0.05, 0) is 49.5 Å². The number of nitrogens with zero attached hydrogens (tertiary/aromatic N) is 2. The Kier molecular flexibility index (Phi) is 3.46. The zero-order valence-electron chi connectivity index (χ0n) is 14.3. The van der Waals surface area contributed by atoms with Crippen LogP contribution < -0.4 is 5.48 Å². The molecule has 25 heavy (non-hydrogen) atoms. The second-order valence-electron chi connectivity index (χ2n) is 7.80. The van der Waals surface area contributed by atoms with Gasteiger partial charge in [-0.15, -0.1) is 11.3 Å². The van der Waals surface area contributed by atoms with E-state index in [4.69, 9.17) is 9.83 Å². The predicted octanol–water partition coefficient (Wildman–Crippen LogP) is 3.50. The number of hydrogen-bond acceptors (Lipinski definition) is 5. The first-order valence-corrected chi connectivity index (χ1v) is 9.74. The molecule has 5 aliphatic rings. The van der Waals surface area contributed by atoms with E-state index in [0.717, 1.165) is 40.2 Å². The molecule has 3 saturated heterocycles. The van der Waals surface area contributed by atoms with E-state index in [9.17, 15) is 4.39 Å². The summed E-state index contributed by atoms with van der Waals surface area (Å²) in [5, 5.41) is 0. The molecule has 2 atom stereocenters. The van der Waals surface area contributed by atoms with Crippen LogP contribution in [0.2, 0.25) is 0 Å². The van der Waals surface area contributed by atoms with Crippen LogP contribution in [0.15, 0.2) is 29.5 Å². The summed E-state index contributed by atoms with van der Waals surface area (Å²) in [6.45, 7) is 8.76. The van der Waals surface area contributed by atoms with Crippen LogP contribution in [0.1, 0.15) is 28.2 Å². The van der Waals surface area contributed by atoms with Crippen LogP contribution in [0.4, 0.5) is 4.39 Å². The summed E-state index contributed by atoms with van der Waals surface area (Å²) < 4.78 is 12.9. The average Bonchev–Trinajstić information content (AvgIpc) is 3.15. The first-order chi connectivity index (χ1) is 12.0. The minimum absolute atomic E-state index is 0.385. The number of hydroxylamine groups is 1. The number of amidine groups is 1. The van der Waals surface area contributed by atoms with E-state index >= 15 is 0 Å². The second-order valence-corrected chi connectivity index (χ2v) is 8.89. The summed E-state index contributed by atoms with van der Waals surface area (Å²) in [6, 6.07) is 2.10. The van der Waals surface area contributed by atoms with Gasteiger partial charge in [0.1, 0.15) is 5.83 Å². The van der Waals surface area contributed by atoms with Gasteiger partial charge in [-0.3, -0.25) is 0 Å². The van der Waals surface area contributed by atoms with Gasteiger partial charge >= 0.3 is 0 Å². The van der Waals surface area contributed by atoms with Gasteiger partial charge in [0.25, 0.3) is 0 Å². The summed E-state index contributed by atoms with van der Waals surface area (Å²) in [7, 11) is 0. The van der Waals surface area contributed by atoms with E-state index in [2.05, 4.69) is 23.0 Å². The third kappa shape index (κ3) is 2.42. The molecule has 4 bridgehead atoms. The molecule has 6 rings (SSSR count). The average molecular weight is 359 g/mol. The number of aryl methyl sites for hydroxylation is 1. The molecular weight excluding hydrogens is 337 g/mol. The van der Waals surface area contributed by atoms with Crippen molar-refractivity contribution in [1.82, 2.24) is 10.4 Å². The van der Waals surface area contributed by atoms with Gasteiger partial charge in [0, 0.05) is 36.3 Å². The van der Waals surface area contributed by atoms with E-state index in [-0.39, 0.29) is 5.72 Å². The molecule has 4 fully saturated rings. The third-order valence-corrected chi connectivity index (χ3v) is 7.29. The first-order valence-electron chi connectivity index (χ1n) is 8.93. The number of halogens is 1. The molecule has 0 radical (unpaired) electrons. The van der Waals surface area contributed by atoms with Crippen molar-refractivity contribution in [2.24, 2.45) is 22.7 Å². The molecular formula is C19H22FN3OS. The van der Waals surface area contributed by atoms with Crippen molar-refractivity contribution in [1.29, 1.82) is 0 Å². The number of piperidine rings is 3. The second kappa shape index (κ2) is 5.50. The van der Waals surface area contributed by atoms with E-state index in [1.807, 2.05) is 6.92 Å². The van der Waals surface area contributed by atoms with Crippen LogP contribution in [-0.4, -0.2) is 36.1 Å². The Morgan fingerprint density at radius 3 is 2.88 bits per heavy atom. The zero-order chi connectivity index (χ0) is 17.2. The maximum Gasteiger partial charge on any atom is 0.195 e. The van der Waals surface area contributed by atoms with Crippen LogP contribution in [0.25, 0.3) is 6.08 Å². The lowest BCUT2D eigenvalue weighted by molar-refractivity contribution is -0.212. The minimum atomic E-state index is -0.434. The van der Waals surface area contributed by atoms with Gasteiger partial charge in [-0.25, -0.2) is 19.7 Å². The monoisotopic (exact) mass is 359 g/mol. The van der Waals surface area contributed by atoms with Crippen LogP contribution >= 0.6 is 11.3 Å². The van der Waals surface area contributed by atoms with Gasteiger partial charge in [0.05, 0.1) is 4.88 Å². The van der Waals surface area contributed by atoms with Crippen LogP contribution in [0, 0.1) is 24.7 Å². The molecule has 1 spiro atoms. The fourth-order valence-corrected chi connectivity index (χ4v) is 6.11.